The summed E-state index contributed by atoms with van der Waals surface area (Å²) >= 11 is 1.61. The summed E-state index contributed by atoms with van der Waals surface area (Å²) in [5.74, 6) is 0.954. The van der Waals surface area contributed by atoms with Gasteiger partial charge in [-0.05, 0) is 106 Å². The van der Waals surface area contributed by atoms with Crippen LogP contribution in [0.5, 0.6) is 5.75 Å². The molecule has 2 aromatic rings. The van der Waals surface area contributed by atoms with Gasteiger partial charge in [0.25, 0.3) is 0 Å². The third kappa shape index (κ3) is 5.74. The molecule has 4 rings (SSSR count). The van der Waals surface area contributed by atoms with E-state index in [1.54, 1.807) is 24.1 Å². The summed E-state index contributed by atoms with van der Waals surface area (Å²) in [5, 5.41) is 0. The Morgan fingerprint density at radius 2 is 1.75 bits per heavy atom. The van der Waals surface area contributed by atoms with E-state index in [2.05, 4.69) is 4.72 Å². The van der Waals surface area contributed by atoms with Crippen LogP contribution in [-0.2, 0) is 10.2 Å². The first-order valence-electron chi connectivity index (χ1n) is 11.7. The van der Waals surface area contributed by atoms with Gasteiger partial charge in [-0.15, -0.1) is 0 Å². The molecule has 5 heteroatoms. The van der Waals surface area contributed by atoms with Crippen molar-refractivity contribution in [2.75, 3.05) is 13.3 Å². The molecule has 2 aliphatic carbocycles. The largest absolute Gasteiger partial charge is 0.490 e. The number of rotatable bonds is 7. The summed E-state index contributed by atoms with van der Waals surface area (Å²) in [4.78, 5) is 11.6. The highest BCUT2D eigenvalue weighted by Gasteiger charge is 2.29. The quantitative estimate of drug-likeness (QED) is 0.357. The van der Waals surface area contributed by atoms with Crippen LogP contribution < -0.4 is 9.46 Å². The highest BCUT2D eigenvalue weighted by molar-refractivity contribution is 7.96. The van der Waals surface area contributed by atoms with Gasteiger partial charge in [0.2, 0.25) is 0 Å². The van der Waals surface area contributed by atoms with Crippen molar-refractivity contribution in [3.8, 4) is 16.9 Å². The molecular formula is C27H36FNO2S. The molecule has 2 saturated carbocycles. The first-order valence-corrected chi connectivity index (χ1v) is 12.9. The Morgan fingerprint density at radius 1 is 1.06 bits per heavy atom. The van der Waals surface area contributed by atoms with Gasteiger partial charge in [-0.25, -0.2) is 4.39 Å². The van der Waals surface area contributed by atoms with Crippen LogP contribution in [0.3, 0.4) is 0 Å². The molecule has 0 unspecified atom stereocenters. The average molecular weight is 458 g/mol. The molecule has 0 bridgehead atoms. The summed E-state index contributed by atoms with van der Waals surface area (Å²) in [6.45, 7) is 3.82. The molecule has 0 aromatic heterocycles. The van der Waals surface area contributed by atoms with Crippen molar-refractivity contribution in [2.24, 2.45) is 0 Å². The fourth-order valence-corrected chi connectivity index (χ4v) is 4.38. The number of ether oxygens (including phenoxy) is 1. The van der Waals surface area contributed by atoms with Crippen LogP contribution in [-0.4, -0.2) is 25.7 Å². The van der Waals surface area contributed by atoms with Crippen molar-refractivity contribution < 1.29 is 13.9 Å². The minimum Gasteiger partial charge on any atom is -0.490 e. The molecule has 174 valence electrons. The lowest BCUT2D eigenvalue weighted by Crippen LogP contribution is -2.19. The van der Waals surface area contributed by atoms with Crippen molar-refractivity contribution in [2.45, 2.75) is 76.2 Å². The fourth-order valence-electron chi connectivity index (χ4n) is 4.38. The summed E-state index contributed by atoms with van der Waals surface area (Å²) < 4.78 is 24.1. The van der Waals surface area contributed by atoms with Gasteiger partial charge in [-0.1, -0.05) is 36.6 Å². The highest BCUT2D eigenvalue weighted by Crippen LogP contribution is 2.45. The maximum atomic E-state index is 14.8. The summed E-state index contributed by atoms with van der Waals surface area (Å²) in [5.41, 5.74) is 2.98. The SMILES string of the molecule is CC(C)(C=O)c1ccc(OC2CCCC2)c(-c2cccc(F)c2C2CCC2)c1.CNSC. The topological polar surface area (TPSA) is 38.3 Å². The average Bonchev–Trinajstić information content (AvgIpc) is 3.27. The molecule has 3 nitrogen and oxygen atoms in total. The maximum Gasteiger partial charge on any atom is 0.129 e. The first-order chi connectivity index (χ1) is 15.4. The maximum absolute atomic E-state index is 14.8. The molecule has 0 saturated heterocycles. The second-order valence-corrected chi connectivity index (χ2v) is 10.1. The Balaban J connectivity index is 0.000000668. The molecular weight excluding hydrogens is 421 g/mol. The standard InChI is InChI=1S/C25H29FO2.C2H7NS/c1-25(2,16-27)18-13-14-23(28-19-9-3-4-10-19)21(15-18)20-11-6-12-22(26)24(20)17-7-5-8-17;1-3-4-2/h6,11-17,19H,3-5,7-10H2,1-2H3;3H,1-2H3. The van der Waals surface area contributed by atoms with E-state index >= 15 is 0 Å². The summed E-state index contributed by atoms with van der Waals surface area (Å²) in [6.07, 6.45) is 10.9. The smallest absolute Gasteiger partial charge is 0.129 e. The van der Waals surface area contributed by atoms with Crippen LogP contribution in [0.25, 0.3) is 11.1 Å². The van der Waals surface area contributed by atoms with E-state index in [1.807, 2.05) is 51.4 Å². The van der Waals surface area contributed by atoms with Gasteiger partial charge in [-0.2, -0.15) is 0 Å². The minimum atomic E-state index is -0.593. The Morgan fingerprint density at radius 3 is 2.31 bits per heavy atom. The number of hydrogen-bond acceptors (Lipinski definition) is 4. The molecule has 0 amide bonds. The molecule has 2 fully saturated rings. The zero-order valence-corrected chi connectivity index (χ0v) is 20.6. The van der Waals surface area contributed by atoms with E-state index in [0.717, 1.165) is 66.4 Å². The summed E-state index contributed by atoms with van der Waals surface area (Å²) in [7, 11) is 1.89. The molecule has 0 atom stereocenters. The molecule has 0 heterocycles. The Hall–Kier alpha value is -1.85. The second-order valence-electron chi connectivity index (χ2n) is 9.31. The third-order valence-electron chi connectivity index (χ3n) is 6.67. The van der Waals surface area contributed by atoms with Gasteiger partial charge in [0, 0.05) is 11.0 Å². The molecule has 2 aliphatic rings. The van der Waals surface area contributed by atoms with Gasteiger partial charge in [0.1, 0.15) is 17.9 Å². The van der Waals surface area contributed by atoms with E-state index in [0.29, 0.717) is 0 Å². The molecule has 1 N–H and O–H groups in total. The summed E-state index contributed by atoms with van der Waals surface area (Å²) in [6, 6.07) is 11.3. The van der Waals surface area contributed by atoms with Crippen LogP contribution >= 0.6 is 11.9 Å². The van der Waals surface area contributed by atoms with Crippen LogP contribution in [0.1, 0.15) is 75.8 Å². The normalized spacial score (nSPS) is 16.8. The van der Waals surface area contributed by atoms with Crippen molar-refractivity contribution in [1.29, 1.82) is 0 Å². The monoisotopic (exact) mass is 457 g/mol. The number of aldehydes is 1. The molecule has 32 heavy (non-hydrogen) atoms. The van der Waals surface area contributed by atoms with Gasteiger partial charge in [-0.3, -0.25) is 4.72 Å². The lowest BCUT2D eigenvalue weighted by Gasteiger charge is -2.29. The van der Waals surface area contributed by atoms with Crippen LogP contribution in [0, 0.1) is 5.82 Å². The van der Waals surface area contributed by atoms with Gasteiger partial charge >= 0.3 is 0 Å². The predicted octanol–water partition coefficient (Wildman–Crippen LogP) is 7.04. The van der Waals surface area contributed by atoms with E-state index in [9.17, 15) is 9.18 Å². The van der Waals surface area contributed by atoms with E-state index < -0.39 is 5.41 Å². The van der Waals surface area contributed by atoms with Gasteiger partial charge < -0.3 is 9.53 Å². The first kappa shape index (κ1) is 24.8. The third-order valence-corrected chi connectivity index (χ3v) is 7.08. The Bertz CT molecular complexity index is 903. The van der Waals surface area contributed by atoms with Crippen molar-refractivity contribution in [3.05, 3.63) is 53.3 Å². The molecule has 2 aromatic carbocycles. The van der Waals surface area contributed by atoms with E-state index in [1.165, 1.54) is 12.8 Å². The predicted molar refractivity (Wildman–Crippen MR) is 133 cm³/mol. The number of halogens is 1. The lowest BCUT2D eigenvalue weighted by atomic mass is 9.76. The number of benzene rings is 2. The fraction of sp³-hybridized carbons (Fsp3) is 0.519. The van der Waals surface area contributed by atoms with Crippen LogP contribution in [0.15, 0.2) is 36.4 Å². The minimum absolute atomic E-state index is 0.130. The van der Waals surface area contributed by atoms with Gasteiger partial charge in [0.05, 0.1) is 6.10 Å². The second kappa shape index (κ2) is 11.3. The van der Waals surface area contributed by atoms with E-state index in [-0.39, 0.29) is 17.8 Å². The van der Waals surface area contributed by atoms with Crippen LogP contribution in [0.2, 0.25) is 0 Å². The molecule has 0 spiro atoms. The lowest BCUT2D eigenvalue weighted by molar-refractivity contribution is -0.111. The molecule has 0 radical (unpaired) electrons. The molecule has 0 aliphatic heterocycles. The number of carbonyl (C=O) groups is 1. The highest BCUT2D eigenvalue weighted by atomic mass is 32.2. The zero-order valence-electron chi connectivity index (χ0n) is 19.7. The number of carbonyl (C=O) groups excluding carboxylic acids is 1. The zero-order chi connectivity index (χ0) is 23.1. The van der Waals surface area contributed by atoms with Crippen molar-refractivity contribution in [3.63, 3.8) is 0 Å². The number of hydrogen-bond donors (Lipinski definition) is 1. The Kier molecular flexibility index (Phi) is 8.78. The van der Waals surface area contributed by atoms with Crippen molar-refractivity contribution >= 4 is 18.2 Å². The number of nitrogens with one attached hydrogen (secondary N) is 1. The van der Waals surface area contributed by atoms with E-state index in [4.69, 9.17) is 4.74 Å². The van der Waals surface area contributed by atoms with Crippen molar-refractivity contribution in [1.82, 2.24) is 4.72 Å². The van der Waals surface area contributed by atoms with Gasteiger partial charge in [0.15, 0.2) is 0 Å². The Labute approximate surface area is 196 Å². The van der Waals surface area contributed by atoms with Crippen LogP contribution in [0.4, 0.5) is 4.39 Å².